The van der Waals surface area contributed by atoms with Crippen LogP contribution in [0, 0.1) is 0 Å². The third-order valence-corrected chi connectivity index (χ3v) is 2.66. The molecule has 7 nitrogen and oxygen atoms in total. The second kappa shape index (κ2) is 15.0. The molecule has 0 aliphatic carbocycles. The molecule has 0 saturated carbocycles. The van der Waals surface area contributed by atoms with Crippen molar-refractivity contribution in [2.45, 2.75) is 12.2 Å². The Morgan fingerprint density at radius 3 is 1.91 bits per heavy atom. The van der Waals surface area contributed by atoms with Crippen molar-refractivity contribution in [2.75, 3.05) is 79.8 Å². The maximum atomic E-state index is 5.25. The first-order valence-corrected chi connectivity index (χ1v) is 8.00. The summed E-state index contributed by atoms with van der Waals surface area (Å²) in [6.45, 7) is 11.9. The molecule has 3 saturated heterocycles. The minimum atomic E-state index is 0.351. The van der Waals surface area contributed by atoms with Crippen molar-refractivity contribution >= 4 is 0 Å². The fraction of sp³-hybridized carbons (Fsp3) is 0.875. The smallest absolute Gasteiger partial charge is 0.104 e. The summed E-state index contributed by atoms with van der Waals surface area (Å²) in [7, 11) is 1.66. The Kier molecular flexibility index (Phi) is 13.4. The molecule has 0 spiro atoms. The van der Waals surface area contributed by atoms with Crippen LogP contribution in [0.4, 0.5) is 0 Å². The Labute approximate surface area is 138 Å². The lowest BCUT2D eigenvalue weighted by Gasteiger charge is -2.03. The van der Waals surface area contributed by atoms with E-state index < -0.39 is 0 Å². The van der Waals surface area contributed by atoms with E-state index in [0.29, 0.717) is 51.8 Å². The Morgan fingerprint density at radius 1 is 0.913 bits per heavy atom. The number of hydrogen-bond acceptors (Lipinski definition) is 7. The van der Waals surface area contributed by atoms with Crippen molar-refractivity contribution in [3.63, 3.8) is 0 Å². The fourth-order valence-electron chi connectivity index (χ4n) is 1.19. The maximum Gasteiger partial charge on any atom is 0.104 e. The standard InChI is InChI=1S/C8H16O4.C6H10O2.C2H4O/c1-9-2-3-10-4-5-11-6-8-7-12-8;1-2-3-7-4-6-5-8-6;1-2-3-1/h8H,2-7H2,1H3;2,6H,1,3-5H2;1-2H2. The summed E-state index contributed by atoms with van der Waals surface area (Å²) in [6.07, 6.45) is 2.47. The fourth-order valence-corrected chi connectivity index (χ4v) is 1.19. The zero-order chi connectivity index (χ0) is 16.6. The lowest BCUT2D eigenvalue weighted by molar-refractivity contribution is 0.0213. The predicted molar refractivity (Wildman–Crippen MR) is 84.8 cm³/mol. The monoisotopic (exact) mass is 334 g/mol. The highest BCUT2D eigenvalue weighted by Crippen LogP contribution is 2.08. The van der Waals surface area contributed by atoms with Crippen LogP contribution in [-0.2, 0) is 33.2 Å². The number of hydrogen-bond donors (Lipinski definition) is 0. The van der Waals surface area contributed by atoms with Gasteiger partial charge in [0, 0.05) is 7.11 Å². The van der Waals surface area contributed by atoms with Crippen LogP contribution in [-0.4, -0.2) is 92.0 Å². The zero-order valence-electron chi connectivity index (χ0n) is 14.1. The minimum absolute atomic E-state index is 0.351. The summed E-state index contributed by atoms with van der Waals surface area (Å²) in [4.78, 5) is 0. The largest absolute Gasteiger partial charge is 0.382 e. The molecule has 23 heavy (non-hydrogen) atoms. The van der Waals surface area contributed by atoms with Crippen molar-refractivity contribution in [3.05, 3.63) is 12.7 Å². The molecule has 136 valence electrons. The van der Waals surface area contributed by atoms with Gasteiger partial charge in [-0.15, -0.1) is 6.58 Å². The molecule has 3 aliphatic heterocycles. The normalized spacial score (nSPS) is 23.0. The van der Waals surface area contributed by atoms with Crippen LogP contribution in [0.2, 0.25) is 0 Å². The topological polar surface area (TPSA) is 74.5 Å². The zero-order valence-corrected chi connectivity index (χ0v) is 14.1. The Hall–Kier alpha value is -0.540. The second-order valence-electron chi connectivity index (χ2n) is 5.03. The molecule has 0 aromatic carbocycles. The van der Waals surface area contributed by atoms with Gasteiger partial charge in [-0.1, -0.05) is 6.08 Å². The van der Waals surface area contributed by atoms with Gasteiger partial charge in [-0.2, -0.15) is 0 Å². The quantitative estimate of drug-likeness (QED) is 0.295. The van der Waals surface area contributed by atoms with Crippen LogP contribution < -0.4 is 0 Å². The van der Waals surface area contributed by atoms with E-state index in [1.165, 1.54) is 0 Å². The first-order chi connectivity index (χ1) is 11.4. The summed E-state index contributed by atoms with van der Waals surface area (Å²) >= 11 is 0. The third kappa shape index (κ3) is 19.4. The highest BCUT2D eigenvalue weighted by molar-refractivity contribution is 4.70. The molecule has 2 unspecified atom stereocenters. The summed E-state index contributed by atoms with van der Waals surface area (Å²) in [5.74, 6) is 0. The summed E-state index contributed by atoms with van der Waals surface area (Å²) in [5, 5.41) is 0. The highest BCUT2D eigenvalue weighted by atomic mass is 16.6. The van der Waals surface area contributed by atoms with E-state index in [0.717, 1.165) is 33.0 Å². The van der Waals surface area contributed by atoms with Gasteiger partial charge >= 0.3 is 0 Å². The number of epoxide rings is 3. The Morgan fingerprint density at radius 2 is 1.43 bits per heavy atom. The van der Waals surface area contributed by atoms with E-state index in [-0.39, 0.29) is 0 Å². The lowest BCUT2D eigenvalue weighted by Crippen LogP contribution is -2.10. The van der Waals surface area contributed by atoms with E-state index in [4.69, 9.17) is 28.4 Å². The lowest BCUT2D eigenvalue weighted by atomic mass is 10.5. The van der Waals surface area contributed by atoms with E-state index in [9.17, 15) is 0 Å². The van der Waals surface area contributed by atoms with Crippen molar-refractivity contribution in [2.24, 2.45) is 0 Å². The van der Waals surface area contributed by atoms with Crippen LogP contribution in [0.1, 0.15) is 0 Å². The summed E-state index contributed by atoms with van der Waals surface area (Å²) in [6, 6.07) is 0. The first kappa shape index (κ1) is 20.5. The first-order valence-electron chi connectivity index (χ1n) is 8.00. The van der Waals surface area contributed by atoms with E-state index >= 15 is 0 Å². The van der Waals surface area contributed by atoms with Gasteiger partial charge in [0.05, 0.1) is 72.7 Å². The van der Waals surface area contributed by atoms with Gasteiger partial charge in [0.1, 0.15) is 12.2 Å². The molecule has 0 bridgehead atoms. The highest BCUT2D eigenvalue weighted by Gasteiger charge is 2.22. The van der Waals surface area contributed by atoms with Gasteiger partial charge in [0.2, 0.25) is 0 Å². The van der Waals surface area contributed by atoms with E-state index in [1.54, 1.807) is 13.2 Å². The molecule has 2 atom stereocenters. The molecule has 3 heterocycles. The molecule has 7 heteroatoms. The molecule has 0 N–H and O–H groups in total. The number of rotatable bonds is 12. The van der Waals surface area contributed by atoms with Crippen molar-refractivity contribution in [3.8, 4) is 0 Å². The van der Waals surface area contributed by atoms with Gasteiger partial charge < -0.3 is 33.2 Å². The SMILES string of the molecule is C1CO1.C=CCOCC1CO1.COCCOCCOCC1CO1. The van der Waals surface area contributed by atoms with Crippen molar-refractivity contribution in [1.82, 2.24) is 0 Å². The molecule has 0 radical (unpaired) electrons. The number of ether oxygens (including phenoxy) is 7. The Balaban J connectivity index is 0.000000204. The van der Waals surface area contributed by atoms with Crippen LogP contribution >= 0.6 is 0 Å². The van der Waals surface area contributed by atoms with E-state index in [2.05, 4.69) is 11.3 Å². The Bertz CT molecular complexity index is 262. The second-order valence-corrected chi connectivity index (χ2v) is 5.03. The minimum Gasteiger partial charge on any atom is -0.382 e. The molecule has 3 rings (SSSR count). The molecule has 0 amide bonds. The van der Waals surface area contributed by atoms with Crippen molar-refractivity contribution < 1.29 is 33.2 Å². The molecule has 0 aromatic rings. The predicted octanol–water partition coefficient (Wildman–Crippen LogP) is 0.669. The van der Waals surface area contributed by atoms with Crippen molar-refractivity contribution in [1.29, 1.82) is 0 Å². The average molecular weight is 334 g/mol. The van der Waals surface area contributed by atoms with Crippen LogP contribution in [0.5, 0.6) is 0 Å². The van der Waals surface area contributed by atoms with Gasteiger partial charge in [0.15, 0.2) is 0 Å². The van der Waals surface area contributed by atoms with Crippen LogP contribution in [0.3, 0.4) is 0 Å². The van der Waals surface area contributed by atoms with Gasteiger partial charge in [-0.3, -0.25) is 0 Å². The third-order valence-electron chi connectivity index (χ3n) is 2.66. The molecule has 0 aromatic heterocycles. The van der Waals surface area contributed by atoms with E-state index in [1.807, 2.05) is 0 Å². The van der Waals surface area contributed by atoms with Gasteiger partial charge in [0.25, 0.3) is 0 Å². The number of methoxy groups -OCH3 is 1. The van der Waals surface area contributed by atoms with Gasteiger partial charge in [-0.25, -0.2) is 0 Å². The maximum absolute atomic E-state index is 5.25. The van der Waals surface area contributed by atoms with Crippen LogP contribution in [0.25, 0.3) is 0 Å². The summed E-state index contributed by atoms with van der Waals surface area (Å²) in [5.41, 5.74) is 0. The molecule has 3 aliphatic rings. The van der Waals surface area contributed by atoms with Gasteiger partial charge in [-0.05, 0) is 0 Å². The average Bonchev–Trinajstić information content (AvgIpc) is 3.43. The molecule has 3 fully saturated rings. The van der Waals surface area contributed by atoms with Crippen LogP contribution in [0.15, 0.2) is 12.7 Å². The molecular weight excluding hydrogens is 304 g/mol. The molecular formula is C16H30O7. The summed E-state index contributed by atoms with van der Waals surface area (Å²) < 4.78 is 34.7.